The number of hydrogen-bond donors (Lipinski definition) is 0. The molecular weight excluding hydrogens is 365 g/mol. The molecule has 2 aromatic rings. The van der Waals surface area contributed by atoms with E-state index in [9.17, 15) is 4.79 Å². The lowest BCUT2D eigenvalue weighted by Crippen LogP contribution is -2.31. The Bertz CT molecular complexity index is 625. The topological polar surface area (TPSA) is 29.5 Å². The Morgan fingerprint density at radius 2 is 1.85 bits per heavy atom. The second kappa shape index (κ2) is 5.83. The average Bonchev–Trinajstić information content (AvgIpc) is 2.69. The van der Waals surface area contributed by atoms with Crippen molar-refractivity contribution in [1.29, 1.82) is 0 Å². The highest BCUT2D eigenvalue weighted by atomic mass is 127. The number of hydrogen-bond acceptors (Lipinski definition) is 2. The smallest absolute Gasteiger partial charge is 0.258 e. The molecule has 0 fully saturated rings. The Morgan fingerprint density at radius 3 is 2.65 bits per heavy atom. The van der Waals surface area contributed by atoms with Gasteiger partial charge in [0.05, 0.1) is 12.3 Å². The molecule has 0 N–H and O–H groups in total. The molecule has 0 bridgehead atoms. The molecule has 0 atom stereocenters. The summed E-state index contributed by atoms with van der Waals surface area (Å²) >= 11 is 2.24. The van der Waals surface area contributed by atoms with Crippen LogP contribution in [-0.2, 0) is 0 Å². The first-order chi connectivity index (χ1) is 9.75. The molecule has 1 aliphatic rings. The van der Waals surface area contributed by atoms with E-state index in [2.05, 4.69) is 22.6 Å². The van der Waals surface area contributed by atoms with Crippen LogP contribution in [-0.4, -0.2) is 19.1 Å². The number of fused-ring (bicyclic) bond motifs is 1. The molecule has 4 heteroatoms. The molecule has 0 aliphatic carbocycles. The molecule has 0 saturated heterocycles. The van der Waals surface area contributed by atoms with Crippen molar-refractivity contribution >= 4 is 34.2 Å². The number of ether oxygens (including phenoxy) is 1. The Labute approximate surface area is 131 Å². The fourth-order valence-electron chi connectivity index (χ4n) is 2.29. The summed E-state index contributed by atoms with van der Waals surface area (Å²) in [6.45, 7) is 1.33. The molecular formula is C16H14INO2. The quantitative estimate of drug-likeness (QED) is 0.707. The lowest BCUT2D eigenvalue weighted by Gasteiger charge is -2.21. The molecule has 102 valence electrons. The fourth-order valence-corrected chi connectivity index (χ4v) is 2.65. The van der Waals surface area contributed by atoms with Gasteiger partial charge in [0.25, 0.3) is 5.91 Å². The second-order valence-electron chi connectivity index (χ2n) is 4.63. The van der Waals surface area contributed by atoms with Crippen LogP contribution in [0.2, 0.25) is 0 Å². The fraction of sp³-hybridized carbons (Fsp3) is 0.188. The van der Waals surface area contributed by atoms with E-state index in [1.807, 2.05) is 53.4 Å². The maximum Gasteiger partial charge on any atom is 0.258 e. The van der Waals surface area contributed by atoms with Crippen molar-refractivity contribution < 1.29 is 9.53 Å². The molecule has 0 aromatic heterocycles. The summed E-state index contributed by atoms with van der Waals surface area (Å²) in [4.78, 5) is 14.5. The van der Waals surface area contributed by atoms with Gasteiger partial charge in [-0.25, -0.2) is 0 Å². The van der Waals surface area contributed by atoms with Gasteiger partial charge in [0.1, 0.15) is 5.75 Å². The van der Waals surface area contributed by atoms with Crippen LogP contribution in [0.3, 0.4) is 0 Å². The zero-order valence-corrected chi connectivity index (χ0v) is 13.0. The molecule has 1 heterocycles. The van der Waals surface area contributed by atoms with Crippen LogP contribution in [0.5, 0.6) is 5.75 Å². The third-order valence-electron chi connectivity index (χ3n) is 3.28. The van der Waals surface area contributed by atoms with Crippen LogP contribution in [0.1, 0.15) is 16.8 Å². The molecule has 20 heavy (non-hydrogen) atoms. The van der Waals surface area contributed by atoms with Gasteiger partial charge >= 0.3 is 0 Å². The number of rotatable bonds is 1. The Hall–Kier alpha value is -1.56. The van der Waals surface area contributed by atoms with E-state index >= 15 is 0 Å². The van der Waals surface area contributed by atoms with Crippen LogP contribution in [0, 0.1) is 3.57 Å². The minimum Gasteiger partial charge on any atom is -0.491 e. The SMILES string of the molecule is O=C(c1ccc(I)cc1)N1CCCOc2ccccc21. The Balaban J connectivity index is 1.97. The molecule has 1 aliphatic heterocycles. The van der Waals surface area contributed by atoms with Crippen LogP contribution < -0.4 is 9.64 Å². The average molecular weight is 379 g/mol. The lowest BCUT2D eigenvalue weighted by molar-refractivity contribution is 0.0987. The van der Waals surface area contributed by atoms with E-state index in [0.29, 0.717) is 18.7 Å². The van der Waals surface area contributed by atoms with Crippen molar-refractivity contribution in [2.45, 2.75) is 6.42 Å². The number of carbonyl (C=O) groups is 1. The van der Waals surface area contributed by atoms with Gasteiger partial charge in [-0.15, -0.1) is 0 Å². The zero-order valence-electron chi connectivity index (χ0n) is 10.9. The summed E-state index contributed by atoms with van der Waals surface area (Å²) in [5.41, 5.74) is 1.57. The highest BCUT2D eigenvalue weighted by molar-refractivity contribution is 14.1. The van der Waals surface area contributed by atoms with Crippen molar-refractivity contribution in [1.82, 2.24) is 0 Å². The highest BCUT2D eigenvalue weighted by Gasteiger charge is 2.22. The van der Waals surface area contributed by atoms with Crippen LogP contribution in [0.15, 0.2) is 48.5 Å². The highest BCUT2D eigenvalue weighted by Crippen LogP contribution is 2.31. The van der Waals surface area contributed by atoms with Crippen LogP contribution in [0.4, 0.5) is 5.69 Å². The van der Waals surface area contributed by atoms with Gasteiger partial charge in [-0.1, -0.05) is 12.1 Å². The first-order valence-electron chi connectivity index (χ1n) is 6.55. The van der Waals surface area contributed by atoms with Crippen molar-refractivity contribution in [2.24, 2.45) is 0 Å². The molecule has 0 unspecified atom stereocenters. The van der Waals surface area contributed by atoms with E-state index in [1.165, 1.54) is 0 Å². The van der Waals surface area contributed by atoms with Crippen LogP contribution >= 0.6 is 22.6 Å². The monoisotopic (exact) mass is 379 g/mol. The molecule has 0 radical (unpaired) electrons. The van der Waals surface area contributed by atoms with Gasteiger partial charge in [-0.05, 0) is 65.4 Å². The van der Waals surface area contributed by atoms with Gasteiger partial charge in [-0.3, -0.25) is 4.79 Å². The van der Waals surface area contributed by atoms with E-state index in [4.69, 9.17) is 4.74 Å². The predicted octanol–water partition coefficient (Wildman–Crippen LogP) is 3.72. The maximum absolute atomic E-state index is 12.7. The number of benzene rings is 2. The van der Waals surface area contributed by atoms with E-state index in [1.54, 1.807) is 0 Å². The third kappa shape index (κ3) is 2.65. The number of amides is 1. The second-order valence-corrected chi connectivity index (χ2v) is 5.88. The molecule has 1 amide bonds. The van der Waals surface area contributed by atoms with Gasteiger partial charge in [0.2, 0.25) is 0 Å². The van der Waals surface area contributed by atoms with Gasteiger partial charge in [-0.2, -0.15) is 0 Å². The summed E-state index contributed by atoms with van der Waals surface area (Å²) in [5.74, 6) is 0.809. The molecule has 0 spiro atoms. The summed E-state index contributed by atoms with van der Waals surface area (Å²) in [6, 6.07) is 15.4. The molecule has 3 nitrogen and oxygen atoms in total. The Morgan fingerprint density at radius 1 is 1.10 bits per heavy atom. The number of para-hydroxylation sites is 2. The van der Waals surface area contributed by atoms with Crippen molar-refractivity contribution in [3.63, 3.8) is 0 Å². The number of carbonyl (C=O) groups excluding carboxylic acids is 1. The minimum atomic E-state index is 0.0272. The Kier molecular flexibility index (Phi) is 3.91. The summed E-state index contributed by atoms with van der Waals surface area (Å²) in [5, 5.41) is 0. The van der Waals surface area contributed by atoms with Crippen molar-refractivity contribution in [3.8, 4) is 5.75 Å². The standard InChI is InChI=1S/C16H14INO2/c17-13-8-6-12(7-9-13)16(19)18-10-3-11-20-15-5-2-1-4-14(15)18/h1-2,4-9H,3,10-11H2. The zero-order chi connectivity index (χ0) is 13.9. The van der Waals surface area contributed by atoms with Crippen LogP contribution in [0.25, 0.3) is 0 Å². The van der Waals surface area contributed by atoms with Crippen molar-refractivity contribution in [2.75, 3.05) is 18.1 Å². The molecule has 3 rings (SSSR count). The van der Waals surface area contributed by atoms with Crippen molar-refractivity contribution in [3.05, 3.63) is 57.7 Å². The summed E-state index contributed by atoms with van der Waals surface area (Å²) in [6.07, 6.45) is 0.838. The minimum absolute atomic E-state index is 0.0272. The van der Waals surface area contributed by atoms with Gasteiger partial charge in [0.15, 0.2) is 0 Å². The number of anilines is 1. The maximum atomic E-state index is 12.7. The number of halogens is 1. The lowest BCUT2D eigenvalue weighted by atomic mass is 10.1. The van der Waals surface area contributed by atoms with E-state index < -0.39 is 0 Å². The summed E-state index contributed by atoms with van der Waals surface area (Å²) in [7, 11) is 0. The predicted molar refractivity (Wildman–Crippen MR) is 87.4 cm³/mol. The third-order valence-corrected chi connectivity index (χ3v) is 4.00. The summed E-state index contributed by atoms with van der Waals surface area (Å²) < 4.78 is 6.81. The normalized spacial score (nSPS) is 14.2. The molecule has 0 saturated carbocycles. The van der Waals surface area contributed by atoms with E-state index in [-0.39, 0.29) is 5.91 Å². The van der Waals surface area contributed by atoms with E-state index in [0.717, 1.165) is 21.4 Å². The first kappa shape index (κ1) is 13.4. The van der Waals surface area contributed by atoms with Gasteiger partial charge < -0.3 is 9.64 Å². The largest absolute Gasteiger partial charge is 0.491 e. The van der Waals surface area contributed by atoms with Gasteiger partial charge in [0, 0.05) is 15.7 Å². The number of nitrogens with zero attached hydrogens (tertiary/aromatic N) is 1. The first-order valence-corrected chi connectivity index (χ1v) is 7.63. The molecule has 2 aromatic carbocycles.